The van der Waals surface area contributed by atoms with E-state index in [4.69, 9.17) is 5.73 Å². The van der Waals surface area contributed by atoms with Crippen molar-refractivity contribution in [3.05, 3.63) is 22.7 Å². The zero-order valence-electron chi connectivity index (χ0n) is 10.2. The van der Waals surface area contributed by atoms with E-state index in [1.54, 1.807) is 0 Å². The van der Waals surface area contributed by atoms with Gasteiger partial charge in [0, 0.05) is 23.6 Å². The number of benzene rings is 1. The zero-order chi connectivity index (χ0) is 12.3. The summed E-state index contributed by atoms with van der Waals surface area (Å²) in [5.74, 6) is 0. The molecule has 0 aliphatic heterocycles. The Balaban J connectivity index is 1.80. The summed E-state index contributed by atoms with van der Waals surface area (Å²) in [6.07, 6.45) is 2.74. The first-order valence-corrected chi connectivity index (χ1v) is 7.03. The molecule has 1 aliphatic carbocycles. The van der Waals surface area contributed by atoms with Crippen molar-refractivity contribution in [3.63, 3.8) is 0 Å². The fourth-order valence-corrected chi connectivity index (χ4v) is 2.45. The van der Waals surface area contributed by atoms with Gasteiger partial charge in [0.15, 0.2) is 0 Å². The van der Waals surface area contributed by atoms with Crippen molar-refractivity contribution in [1.82, 2.24) is 4.90 Å². The molecular weight excluding hydrogens is 278 g/mol. The molecule has 4 heteroatoms. The minimum atomic E-state index is 0.800. The molecule has 1 fully saturated rings. The second-order valence-electron chi connectivity index (χ2n) is 4.52. The van der Waals surface area contributed by atoms with E-state index in [1.165, 1.54) is 12.8 Å². The molecule has 0 spiro atoms. The lowest BCUT2D eigenvalue weighted by Gasteiger charge is -2.20. The van der Waals surface area contributed by atoms with Gasteiger partial charge in [-0.2, -0.15) is 0 Å². The number of anilines is 2. The van der Waals surface area contributed by atoms with Crippen molar-refractivity contribution in [3.8, 4) is 0 Å². The van der Waals surface area contributed by atoms with Crippen molar-refractivity contribution in [1.29, 1.82) is 0 Å². The van der Waals surface area contributed by atoms with Crippen LogP contribution in [0.5, 0.6) is 0 Å². The Morgan fingerprint density at radius 2 is 2.24 bits per heavy atom. The fourth-order valence-electron chi connectivity index (χ4n) is 2.07. The Labute approximate surface area is 111 Å². The molecule has 2 rings (SSSR count). The number of nitrogens with zero attached hydrogens (tertiary/aromatic N) is 1. The first-order chi connectivity index (χ1) is 8.20. The van der Waals surface area contributed by atoms with E-state index < -0.39 is 0 Å². The molecule has 0 aromatic heterocycles. The summed E-state index contributed by atoms with van der Waals surface area (Å²) in [6, 6.07) is 6.80. The lowest BCUT2D eigenvalue weighted by Crippen LogP contribution is -2.30. The van der Waals surface area contributed by atoms with Gasteiger partial charge in [0.2, 0.25) is 0 Å². The van der Waals surface area contributed by atoms with Gasteiger partial charge >= 0.3 is 0 Å². The van der Waals surface area contributed by atoms with Crippen molar-refractivity contribution >= 4 is 27.3 Å². The van der Waals surface area contributed by atoms with Gasteiger partial charge in [-0.05, 0) is 37.6 Å². The topological polar surface area (TPSA) is 41.3 Å². The van der Waals surface area contributed by atoms with E-state index in [2.05, 4.69) is 33.1 Å². The number of nitrogens with two attached hydrogens (primary N) is 1. The summed E-state index contributed by atoms with van der Waals surface area (Å²) >= 11 is 3.41. The second-order valence-corrected chi connectivity index (χ2v) is 5.43. The fraction of sp³-hybridized carbons (Fsp3) is 0.538. The first-order valence-electron chi connectivity index (χ1n) is 6.23. The van der Waals surface area contributed by atoms with Crippen LogP contribution in [0.4, 0.5) is 11.4 Å². The van der Waals surface area contributed by atoms with Crippen LogP contribution in [-0.4, -0.2) is 30.6 Å². The lowest BCUT2D eigenvalue weighted by atomic mass is 10.2. The summed E-state index contributed by atoms with van der Waals surface area (Å²) in [7, 11) is 0. The number of rotatable bonds is 6. The standard InChI is InChI=1S/C13H20BrN3/c1-2-17(11-4-5-11)8-7-16-13-6-3-10(14)9-12(13)15/h3,6,9,11,16H,2,4-5,7-8,15H2,1H3. The lowest BCUT2D eigenvalue weighted by molar-refractivity contribution is 0.289. The van der Waals surface area contributed by atoms with Crippen molar-refractivity contribution in [2.75, 3.05) is 30.7 Å². The van der Waals surface area contributed by atoms with Crippen molar-refractivity contribution in [2.45, 2.75) is 25.8 Å². The molecule has 3 nitrogen and oxygen atoms in total. The summed E-state index contributed by atoms with van der Waals surface area (Å²) in [4.78, 5) is 2.53. The van der Waals surface area contributed by atoms with Gasteiger partial charge in [-0.15, -0.1) is 0 Å². The average molecular weight is 298 g/mol. The van der Waals surface area contributed by atoms with Crippen molar-refractivity contribution < 1.29 is 0 Å². The Morgan fingerprint density at radius 3 is 2.82 bits per heavy atom. The number of halogens is 1. The Kier molecular flexibility index (Phi) is 4.29. The maximum absolute atomic E-state index is 5.94. The molecule has 1 aromatic carbocycles. The molecule has 0 radical (unpaired) electrons. The highest BCUT2D eigenvalue weighted by molar-refractivity contribution is 9.10. The third-order valence-corrected chi connectivity index (χ3v) is 3.69. The molecule has 0 bridgehead atoms. The molecule has 94 valence electrons. The highest BCUT2D eigenvalue weighted by Crippen LogP contribution is 2.26. The molecule has 0 atom stereocenters. The van der Waals surface area contributed by atoms with Crippen molar-refractivity contribution in [2.24, 2.45) is 0 Å². The van der Waals surface area contributed by atoms with E-state index >= 15 is 0 Å². The molecule has 3 N–H and O–H groups in total. The summed E-state index contributed by atoms with van der Waals surface area (Å²) in [5.41, 5.74) is 7.76. The molecule has 0 unspecified atom stereocenters. The average Bonchev–Trinajstić information content (AvgIpc) is 3.11. The van der Waals surface area contributed by atoms with Gasteiger partial charge < -0.3 is 11.1 Å². The molecular formula is C13H20BrN3. The highest BCUT2D eigenvalue weighted by atomic mass is 79.9. The van der Waals surface area contributed by atoms with Crippen LogP contribution in [0.3, 0.4) is 0 Å². The molecule has 0 amide bonds. The molecule has 1 saturated carbocycles. The summed E-state index contributed by atoms with van der Waals surface area (Å²) < 4.78 is 1.02. The van der Waals surface area contributed by atoms with Crippen LogP contribution in [0, 0.1) is 0 Å². The van der Waals surface area contributed by atoms with Gasteiger partial charge in [0.05, 0.1) is 11.4 Å². The van der Waals surface area contributed by atoms with E-state index in [1.807, 2.05) is 18.2 Å². The molecule has 0 saturated heterocycles. The predicted octanol–water partition coefficient (Wildman–Crippen LogP) is 2.93. The van der Waals surface area contributed by atoms with Gasteiger partial charge in [-0.3, -0.25) is 4.90 Å². The Hall–Kier alpha value is -0.740. The molecule has 0 heterocycles. The minimum Gasteiger partial charge on any atom is -0.397 e. The number of nitrogen functional groups attached to an aromatic ring is 1. The smallest absolute Gasteiger partial charge is 0.0575 e. The highest BCUT2D eigenvalue weighted by Gasteiger charge is 2.27. The zero-order valence-corrected chi connectivity index (χ0v) is 11.8. The van der Waals surface area contributed by atoms with Crippen LogP contribution in [0.2, 0.25) is 0 Å². The monoisotopic (exact) mass is 297 g/mol. The normalized spacial score (nSPS) is 15.2. The van der Waals surface area contributed by atoms with Gasteiger partial charge in [-0.25, -0.2) is 0 Å². The van der Waals surface area contributed by atoms with E-state index in [-0.39, 0.29) is 0 Å². The van der Waals surface area contributed by atoms with E-state index in [0.717, 1.165) is 41.5 Å². The van der Waals surface area contributed by atoms with Gasteiger partial charge in [0.25, 0.3) is 0 Å². The van der Waals surface area contributed by atoms with Gasteiger partial charge in [0.1, 0.15) is 0 Å². The predicted molar refractivity (Wildman–Crippen MR) is 77.3 cm³/mol. The molecule has 1 aliphatic rings. The maximum atomic E-state index is 5.94. The number of hydrogen-bond acceptors (Lipinski definition) is 3. The minimum absolute atomic E-state index is 0.800. The second kappa shape index (κ2) is 5.74. The van der Waals surface area contributed by atoms with Crippen LogP contribution in [0.15, 0.2) is 22.7 Å². The van der Waals surface area contributed by atoms with Crippen LogP contribution >= 0.6 is 15.9 Å². The first kappa shape index (κ1) is 12.7. The number of nitrogens with one attached hydrogen (secondary N) is 1. The van der Waals surface area contributed by atoms with Crippen LogP contribution < -0.4 is 11.1 Å². The third-order valence-electron chi connectivity index (χ3n) is 3.20. The summed E-state index contributed by atoms with van der Waals surface area (Å²) in [6.45, 7) is 5.42. The third kappa shape index (κ3) is 3.61. The maximum Gasteiger partial charge on any atom is 0.0575 e. The largest absolute Gasteiger partial charge is 0.397 e. The summed E-state index contributed by atoms with van der Waals surface area (Å²) in [5, 5.41) is 3.40. The molecule has 1 aromatic rings. The van der Waals surface area contributed by atoms with E-state index in [0.29, 0.717) is 0 Å². The SMILES string of the molecule is CCN(CCNc1ccc(Br)cc1N)C1CC1. The molecule has 17 heavy (non-hydrogen) atoms. The number of hydrogen-bond donors (Lipinski definition) is 2. The Morgan fingerprint density at radius 1 is 1.47 bits per heavy atom. The number of likely N-dealkylation sites (N-methyl/N-ethyl adjacent to an activating group) is 1. The Bertz CT molecular complexity index is 377. The van der Waals surface area contributed by atoms with Crippen LogP contribution in [-0.2, 0) is 0 Å². The van der Waals surface area contributed by atoms with E-state index in [9.17, 15) is 0 Å². The van der Waals surface area contributed by atoms with Crippen LogP contribution in [0.25, 0.3) is 0 Å². The van der Waals surface area contributed by atoms with Gasteiger partial charge in [-0.1, -0.05) is 22.9 Å². The van der Waals surface area contributed by atoms with Crippen LogP contribution in [0.1, 0.15) is 19.8 Å². The quantitative estimate of drug-likeness (QED) is 0.793.